The minimum Gasteiger partial charge on any atom is -0.497 e. The number of anilines is 1. The molecule has 1 atom stereocenters. The first kappa shape index (κ1) is 20.8. The van der Waals surface area contributed by atoms with Gasteiger partial charge in [-0.3, -0.25) is 9.59 Å². The van der Waals surface area contributed by atoms with Crippen LogP contribution in [-0.4, -0.2) is 48.1 Å². The number of ether oxygens (including phenoxy) is 2. The van der Waals surface area contributed by atoms with Crippen LogP contribution in [0.3, 0.4) is 0 Å². The molecule has 1 aliphatic heterocycles. The van der Waals surface area contributed by atoms with E-state index in [1.54, 1.807) is 19.1 Å². The number of hydrogen-bond donors (Lipinski definition) is 1. The Morgan fingerprint density at radius 1 is 1.21 bits per heavy atom. The van der Waals surface area contributed by atoms with Gasteiger partial charge in [-0.05, 0) is 38.0 Å². The number of rotatable bonds is 6. The van der Waals surface area contributed by atoms with Crippen molar-refractivity contribution in [3.05, 3.63) is 23.8 Å². The van der Waals surface area contributed by atoms with Gasteiger partial charge < -0.3 is 15.2 Å². The van der Waals surface area contributed by atoms with E-state index in [4.69, 9.17) is 15.2 Å². The van der Waals surface area contributed by atoms with E-state index in [0.29, 0.717) is 5.75 Å². The highest BCUT2D eigenvalue weighted by atomic mass is 16.5. The zero-order valence-electron chi connectivity index (χ0n) is 16.8. The fourth-order valence-electron chi connectivity index (χ4n) is 3.82. The Kier molecular flexibility index (Phi) is 6.51. The molecule has 1 unspecified atom stereocenters. The second kappa shape index (κ2) is 9.07. The van der Waals surface area contributed by atoms with Crippen LogP contribution in [0.4, 0.5) is 5.69 Å². The number of carbonyl (C=O) groups excluding carboxylic acids is 3. The second-order valence-corrected chi connectivity index (χ2v) is 7.32. The average molecular weight is 401 g/mol. The first-order valence-corrected chi connectivity index (χ1v) is 10.0. The molecule has 1 fully saturated rings. The Labute approximate surface area is 170 Å². The first-order chi connectivity index (χ1) is 14.0. The van der Waals surface area contributed by atoms with Gasteiger partial charge >= 0.3 is 5.97 Å². The molecule has 2 N–H and O–H groups in total. The Morgan fingerprint density at radius 3 is 2.59 bits per heavy atom. The van der Waals surface area contributed by atoms with Crippen molar-refractivity contribution >= 4 is 29.1 Å². The van der Waals surface area contributed by atoms with Gasteiger partial charge in [0.25, 0.3) is 0 Å². The van der Waals surface area contributed by atoms with E-state index in [0.717, 1.165) is 37.1 Å². The predicted octanol–water partition coefficient (Wildman–Crippen LogP) is 2.56. The summed E-state index contributed by atoms with van der Waals surface area (Å²) < 4.78 is 10.3. The topological polar surface area (TPSA) is 111 Å². The molecule has 0 aromatic heterocycles. The fourth-order valence-corrected chi connectivity index (χ4v) is 3.82. The smallest absolute Gasteiger partial charge is 0.331 e. The van der Waals surface area contributed by atoms with Crippen LogP contribution in [0, 0.1) is 5.92 Å². The Hall–Kier alpha value is -2.90. The van der Waals surface area contributed by atoms with Crippen LogP contribution in [0.5, 0.6) is 5.75 Å². The lowest BCUT2D eigenvalue weighted by atomic mass is 9.88. The van der Waals surface area contributed by atoms with Crippen LogP contribution in [0.25, 0.3) is 0 Å². The third-order valence-corrected chi connectivity index (χ3v) is 5.42. The molecule has 1 saturated carbocycles. The van der Waals surface area contributed by atoms with E-state index < -0.39 is 17.8 Å². The molecule has 29 heavy (non-hydrogen) atoms. The predicted molar refractivity (Wildman–Crippen MR) is 108 cm³/mol. The number of nitrogens with two attached hydrogens (primary N) is 1. The summed E-state index contributed by atoms with van der Waals surface area (Å²) in [5, 5.41) is 5.44. The van der Waals surface area contributed by atoms with E-state index >= 15 is 0 Å². The van der Waals surface area contributed by atoms with Crippen molar-refractivity contribution in [3.63, 3.8) is 0 Å². The maximum atomic E-state index is 13.0. The third-order valence-electron chi connectivity index (χ3n) is 5.42. The molecule has 1 aromatic carbocycles. The maximum Gasteiger partial charge on any atom is 0.331 e. The summed E-state index contributed by atoms with van der Waals surface area (Å²) in [4.78, 5) is 38.6. The largest absolute Gasteiger partial charge is 0.497 e. The van der Waals surface area contributed by atoms with Crippen molar-refractivity contribution in [3.8, 4) is 5.75 Å². The minimum absolute atomic E-state index is 0.00672. The SMILES string of the molecule is CCOC(=O)C1CC(C(=O)c2cc(OC)ccc2N)=NN1C(=O)C1CCCCC1. The third kappa shape index (κ3) is 4.41. The summed E-state index contributed by atoms with van der Waals surface area (Å²) >= 11 is 0. The van der Waals surface area contributed by atoms with Crippen molar-refractivity contribution in [1.29, 1.82) is 0 Å². The van der Waals surface area contributed by atoms with E-state index in [1.165, 1.54) is 13.2 Å². The number of benzene rings is 1. The molecule has 1 aromatic rings. The normalized spacial score (nSPS) is 19.6. The number of ketones is 1. The number of Topliss-reactive ketones (excluding diaryl/α,β-unsaturated/α-hetero) is 1. The summed E-state index contributed by atoms with van der Waals surface area (Å²) in [6.07, 6.45) is 4.60. The van der Waals surface area contributed by atoms with Crippen molar-refractivity contribution < 1.29 is 23.9 Å². The van der Waals surface area contributed by atoms with Crippen molar-refractivity contribution in [1.82, 2.24) is 5.01 Å². The molecular weight excluding hydrogens is 374 g/mol. The molecule has 0 radical (unpaired) electrons. The molecule has 0 bridgehead atoms. The number of carbonyl (C=O) groups is 3. The van der Waals surface area contributed by atoms with Gasteiger partial charge in [0.05, 0.1) is 19.3 Å². The summed E-state index contributed by atoms with van der Waals surface area (Å²) in [6, 6.07) is 3.85. The van der Waals surface area contributed by atoms with Gasteiger partial charge in [0, 0.05) is 18.0 Å². The first-order valence-electron chi connectivity index (χ1n) is 10.0. The number of esters is 1. The molecule has 8 nitrogen and oxygen atoms in total. The lowest BCUT2D eigenvalue weighted by Gasteiger charge is -2.27. The van der Waals surface area contributed by atoms with Gasteiger partial charge in [-0.25, -0.2) is 9.80 Å². The average Bonchev–Trinajstić information content (AvgIpc) is 3.19. The van der Waals surface area contributed by atoms with E-state index in [9.17, 15) is 14.4 Å². The van der Waals surface area contributed by atoms with Crippen molar-refractivity contribution in [2.24, 2.45) is 11.0 Å². The van der Waals surface area contributed by atoms with Crippen LogP contribution in [-0.2, 0) is 14.3 Å². The van der Waals surface area contributed by atoms with Crippen LogP contribution in [0.2, 0.25) is 0 Å². The van der Waals surface area contributed by atoms with E-state index in [1.807, 2.05) is 0 Å². The monoisotopic (exact) mass is 401 g/mol. The summed E-state index contributed by atoms with van der Waals surface area (Å²) in [5.41, 5.74) is 6.60. The lowest BCUT2D eigenvalue weighted by Crippen LogP contribution is -2.43. The van der Waals surface area contributed by atoms with Crippen LogP contribution < -0.4 is 10.5 Å². The fraction of sp³-hybridized carbons (Fsp3) is 0.524. The highest BCUT2D eigenvalue weighted by molar-refractivity contribution is 6.47. The highest BCUT2D eigenvalue weighted by Gasteiger charge is 2.42. The minimum atomic E-state index is -0.921. The molecule has 2 aliphatic rings. The van der Waals surface area contributed by atoms with Crippen molar-refractivity contribution in [2.75, 3.05) is 19.5 Å². The standard InChI is InChI=1S/C21H27N3O5/c1-3-29-21(27)18-12-17(19(25)15-11-14(28-2)9-10-16(15)22)23-24(18)20(26)13-7-5-4-6-8-13/h9-11,13,18H,3-8,12,22H2,1-2H3. The molecule has 156 valence electrons. The van der Waals surface area contributed by atoms with Crippen LogP contribution >= 0.6 is 0 Å². The number of amides is 1. The Bertz CT molecular complexity index is 830. The van der Waals surface area contributed by atoms with Crippen molar-refractivity contribution in [2.45, 2.75) is 51.5 Å². The van der Waals surface area contributed by atoms with Gasteiger partial charge in [0.15, 0.2) is 6.04 Å². The number of hydrazone groups is 1. The molecule has 1 heterocycles. The molecule has 8 heteroatoms. The molecule has 3 rings (SSSR count). The number of methoxy groups -OCH3 is 1. The van der Waals surface area contributed by atoms with Gasteiger partial charge in [-0.2, -0.15) is 5.10 Å². The lowest BCUT2D eigenvalue weighted by molar-refractivity contribution is -0.155. The van der Waals surface area contributed by atoms with Gasteiger partial charge in [-0.1, -0.05) is 19.3 Å². The molecular formula is C21H27N3O5. The van der Waals surface area contributed by atoms with Gasteiger partial charge in [-0.15, -0.1) is 0 Å². The number of hydrogen-bond acceptors (Lipinski definition) is 7. The molecule has 1 aliphatic carbocycles. The summed E-state index contributed by atoms with van der Waals surface area (Å²) in [6.45, 7) is 1.89. The molecule has 1 amide bonds. The van der Waals surface area contributed by atoms with E-state index in [2.05, 4.69) is 5.10 Å². The van der Waals surface area contributed by atoms with E-state index in [-0.39, 0.29) is 41.8 Å². The second-order valence-electron chi connectivity index (χ2n) is 7.32. The maximum absolute atomic E-state index is 13.0. The van der Waals surface area contributed by atoms with Crippen LogP contribution in [0.1, 0.15) is 55.8 Å². The summed E-state index contributed by atoms with van der Waals surface area (Å²) in [7, 11) is 1.49. The zero-order valence-corrected chi connectivity index (χ0v) is 16.8. The molecule has 0 spiro atoms. The quantitative estimate of drug-likeness (QED) is 0.445. The zero-order chi connectivity index (χ0) is 21.0. The number of nitrogen functional groups attached to an aromatic ring is 1. The van der Waals surface area contributed by atoms with Gasteiger partial charge in [0.1, 0.15) is 11.5 Å². The summed E-state index contributed by atoms with van der Waals surface area (Å²) in [5.74, 6) is -0.889. The highest BCUT2D eigenvalue weighted by Crippen LogP contribution is 2.30. The van der Waals surface area contributed by atoms with Gasteiger partial charge in [0.2, 0.25) is 11.7 Å². The molecule has 0 saturated heterocycles. The van der Waals surface area contributed by atoms with Crippen LogP contribution in [0.15, 0.2) is 23.3 Å². The number of nitrogens with zero attached hydrogens (tertiary/aromatic N) is 2. The Balaban J connectivity index is 1.89. The Morgan fingerprint density at radius 2 is 1.93 bits per heavy atom.